The van der Waals surface area contributed by atoms with Crippen LogP contribution < -0.4 is 5.32 Å². The summed E-state index contributed by atoms with van der Waals surface area (Å²) in [6.45, 7) is 0.493. The average molecular weight is 230 g/mol. The minimum absolute atomic E-state index is 0. The van der Waals surface area contributed by atoms with E-state index in [2.05, 4.69) is 10.1 Å². The normalized spacial score (nSPS) is 24.9. The molecule has 1 heterocycles. The molecule has 0 saturated carbocycles. The Labute approximate surface area is 87.6 Å². The van der Waals surface area contributed by atoms with Crippen LogP contribution in [0.15, 0.2) is 0 Å². The third-order valence-corrected chi connectivity index (χ3v) is 2.26. The Kier molecular flexibility index (Phi) is 5.29. The average Bonchev–Trinajstić information content (AvgIpc) is 2.08. The highest BCUT2D eigenvalue weighted by molar-refractivity contribution is 5.85. The molecule has 0 aliphatic carbocycles. The lowest BCUT2D eigenvalue weighted by atomic mass is 9.92. The first-order valence-corrected chi connectivity index (χ1v) is 4.21. The van der Waals surface area contributed by atoms with Gasteiger partial charge in [-0.25, -0.2) is 8.78 Å². The standard InChI is InChI=1S/C8H13F2NO2.ClH/c1-13-7(12)4-6-5-11-3-2-8(6,9)10;/h6,11H,2-5H2,1H3;1H. The third-order valence-electron chi connectivity index (χ3n) is 2.26. The van der Waals surface area contributed by atoms with Gasteiger partial charge in [0.15, 0.2) is 0 Å². The molecule has 0 amide bonds. The number of carbonyl (C=O) groups excluding carboxylic acids is 1. The van der Waals surface area contributed by atoms with E-state index < -0.39 is 17.8 Å². The van der Waals surface area contributed by atoms with Gasteiger partial charge < -0.3 is 10.1 Å². The molecule has 1 unspecified atom stereocenters. The quantitative estimate of drug-likeness (QED) is 0.724. The van der Waals surface area contributed by atoms with Crippen molar-refractivity contribution >= 4 is 18.4 Å². The van der Waals surface area contributed by atoms with E-state index in [1.54, 1.807) is 0 Å². The minimum Gasteiger partial charge on any atom is -0.469 e. The van der Waals surface area contributed by atoms with Gasteiger partial charge in [-0.2, -0.15) is 0 Å². The molecule has 1 rings (SSSR count). The number of ether oxygens (including phenoxy) is 1. The summed E-state index contributed by atoms with van der Waals surface area (Å²) in [5.74, 6) is -4.23. The predicted octanol–water partition coefficient (Wildman–Crippen LogP) is 1.22. The highest BCUT2D eigenvalue weighted by atomic mass is 35.5. The molecule has 0 aromatic carbocycles. The van der Waals surface area contributed by atoms with Gasteiger partial charge in [0.25, 0.3) is 5.92 Å². The van der Waals surface area contributed by atoms with Crippen molar-refractivity contribution < 1.29 is 18.3 Å². The van der Waals surface area contributed by atoms with Crippen molar-refractivity contribution in [1.82, 2.24) is 5.32 Å². The van der Waals surface area contributed by atoms with Gasteiger partial charge in [0.1, 0.15) is 0 Å². The fourth-order valence-corrected chi connectivity index (χ4v) is 1.39. The van der Waals surface area contributed by atoms with E-state index in [1.807, 2.05) is 0 Å². The van der Waals surface area contributed by atoms with Crippen LogP contribution in [0.5, 0.6) is 0 Å². The molecule has 1 aliphatic rings. The maximum absolute atomic E-state index is 13.1. The van der Waals surface area contributed by atoms with Gasteiger partial charge >= 0.3 is 5.97 Å². The number of carbonyl (C=O) groups is 1. The molecule has 1 fully saturated rings. The van der Waals surface area contributed by atoms with Crippen LogP contribution in [-0.2, 0) is 9.53 Å². The van der Waals surface area contributed by atoms with Crippen LogP contribution in [0, 0.1) is 5.92 Å². The van der Waals surface area contributed by atoms with Gasteiger partial charge in [-0.15, -0.1) is 12.4 Å². The summed E-state index contributed by atoms with van der Waals surface area (Å²) >= 11 is 0. The zero-order chi connectivity index (χ0) is 9.90. The lowest BCUT2D eigenvalue weighted by molar-refractivity contribution is -0.148. The van der Waals surface area contributed by atoms with Gasteiger partial charge in [-0.1, -0.05) is 0 Å². The molecule has 1 aliphatic heterocycles. The highest BCUT2D eigenvalue weighted by Gasteiger charge is 2.42. The van der Waals surface area contributed by atoms with Crippen LogP contribution in [0.4, 0.5) is 8.78 Å². The van der Waals surface area contributed by atoms with Gasteiger partial charge in [0, 0.05) is 25.4 Å². The van der Waals surface area contributed by atoms with Crippen molar-refractivity contribution in [3.8, 4) is 0 Å². The Morgan fingerprint density at radius 2 is 2.29 bits per heavy atom. The number of hydrogen-bond donors (Lipinski definition) is 1. The second-order valence-corrected chi connectivity index (χ2v) is 3.19. The molecule has 0 bridgehead atoms. The van der Waals surface area contributed by atoms with E-state index in [0.29, 0.717) is 6.54 Å². The fourth-order valence-electron chi connectivity index (χ4n) is 1.39. The zero-order valence-corrected chi connectivity index (χ0v) is 8.70. The van der Waals surface area contributed by atoms with Crippen molar-refractivity contribution in [2.24, 2.45) is 5.92 Å². The van der Waals surface area contributed by atoms with Gasteiger partial charge in [-0.05, 0) is 0 Å². The van der Waals surface area contributed by atoms with Gasteiger partial charge in [0.05, 0.1) is 13.5 Å². The molecular formula is C8H14ClF2NO2. The molecule has 1 atom stereocenters. The first-order valence-electron chi connectivity index (χ1n) is 4.21. The number of methoxy groups -OCH3 is 1. The van der Waals surface area contributed by atoms with Crippen molar-refractivity contribution in [3.63, 3.8) is 0 Å². The summed E-state index contributed by atoms with van der Waals surface area (Å²) in [6.07, 6.45) is -0.412. The molecule has 14 heavy (non-hydrogen) atoms. The lowest BCUT2D eigenvalue weighted by Gasteiger charge is -2.30. The molecular weight excluding hydrogens is 216 g/mol. The molecule has 0 aromatic heterocycles. The number of piperidine rings is 1. The summed E-state index contributed by atoms with van der Waals surface area (Å²) in [5, 5.41) is 2.83. The van der Waals surface area contributed by atoms with Gasteiger partial charge in [0.2, 0.25) is 0 Å². The summed E-state index contributed by atoms with van der Waals surface area (Å²) in [4.78, 5) is 10.8. The maximum Gasteiger partial charge on any atom is 0.306 e. The summed E-state index contributed by atoms with van der Waals surface area (Å²) in [6, 6.07) is 0. The first kappa shape index (κ1) is 13.6. The minimum atomic E-state index is -2.74. The molecule has 84 valence electrons. The van der Waals surface area contributed by atoms with E-state index in [9.17, 15) is 13.6 Å². The summed E-state index contributed by atoms with van der Waals surface area (Å²) in [7, 11) is 1.21. The van der Waals surface area contributed by atoms with E-state index >= 15 is 0 Å². The van der Waals surface area contributed by atoms with Crippen LogP contribution in [0.1, 0.15) is 12.8 Å². The first-order chi connectivity index (χ1) is 6.06. The summed E-state index contributed by atoms with van der Waals surface area (Å²) in [5.41, 5.74) is 0. The van der Waals surface area contributed by atoms with E-state index in [1.165, 1.54) is 7.11 Å². The molecule has 0 aromatic rings. The Balaban J connectivity index is 0.00000169. The third kappa shape index (κ3) is 3.38. The van der Waals surface area contributed by atoms with Crippen molar-refractivity contribution in [2.75, 3.05) is 20.2 Å². The molecule has 3 nitrogen and oxygen atoms in total. The monoisotopic (exact) mass is 229 g/mol. The van der Waals surface area contributed by atoms with Crippen molar-refractivity contribution in [3.05, 3.63) is 0 Å². The number of hydrogen-bond acceptors (Lipinski definition) is 3. The second kappa shape index (κ2) is 5.46. The van der Waals surface area contributed by atoms with Crippen LogP contribution in [0.3, 0.4) is 0 Å². The lowest BCUT2D eigenvalue weighted by Crippen LogP contribution is -2.45. The van der Waals surface area contributed by atoms with Crippen molar-refractivity contribution in [2.45, 2.75) is 18.8 Å². The van der Waals surface area contributed by atoms with Crippen LogP contribution >= 0.6 is 12.4 Å². The number of rotatable bonds is 2. The Morgan fingerprint density at radius 1 is 1.64 bits per heavy atom. The van der Waals surface area contributed by atoms with Gasteiger partial charge in [-0.3, -0.25) is 4.79 Å². The topological polar surface area (TPSA) is 38.3 Å². The van der Waals surface area contributed by atoms with Crippen LogP contribution in [0.25, 0.3) is 0 Å². The van der Waals surface area contributed by atoms with E-state index in [0.717, 1.165) is 0 Å². The molecule has 1 N–H and O–H groups in total. The predicted molar refractivity (Wildman–Crippen MR) is 49.8 cm³/mol. The Bertz CT molecular complexity index is 202. The summed E-state index contributed by atoms with van der Waals surface area (Å²) < 4.78 is 30.6. The van der Waals surface area contributed by atoms with E-state index in [-0.39, 0.29) is 31.8 Å². The Morgan fingerprint density at radius 3 is 2.79 bits per heavy atom. The number of esters is 1. The van der Waals surface area contributed by atoms with Crippen molar-refractivity contribution in [1.29, 1.82) is 0 Å². The molecule has 1 saturated heterocycles. The molecule has 6 heteroatoms. The highest BCUT2D eigenvalue weighted by Crippen LogP contribution is 2.32. The molecule has 0 radical (unpaired) electrons. The molecule has 0 spiro atoms. The number of nitrogens with one attached hydrogen (secondary N) is 1. The van der Waals surface area contributed by atoms with Crippen LogP contribution in [-0.4, -0.2) is 32.1 Å². The smallest absolute Gasteiger partial charge is 0.306 e. The van der Waals surface area contributed by atoms with E-state index in [4.69, 9.17) is 0 Å². The SMILES string of the molecule is COC(=O)CC1CNCCC1(F)F.Cl. The maximum atomic E-state index is 13.1. The van der Waals surface area contributed by atoms with Crippen LogP contribution in [0.2, 0.25) is 0 Å². The largest absolute Gasteiger partial charge is 0.469 e. The number of alkyl halides is 2. The Hall–Kier alpha value is -0.420. The zero-order valence-electron chi connectivity index (χ0n) is 7.89. The second-order valence-electron chi connectivity index (χ2n) is 3.19. The number of halogens is 3. The fraction of sp³-hybridized carbons (Fsp3) is 0.875.